The van der Waals surface area contributed by atoms with Crippen LogP contribution in [0, 0.1) is 0 Å². The first-order valence-electron chi connectivity index (χ1n) is 11.9. The minimum atomic E-state index is -0.283. The van der Waals surface area contributed by atoms with Gasteiger partial charge < -0.3 is 14.0 Å². The van der Waals surface area contributed by atoms with E-state index in [1.807, 2.05) is 91.1 Å². The Morgan fingerprint density at radius 2 is 1.39 bits per heavy atom. The van der Waals surface area contributed by atoms with Gasteiger partial charge in [-0.1, -0.05) is 54.6 Å². The number of aryl methyl sites for hydroxylation is 1. The lowest BCUT2D eigenvalue weighted by atomic mass is 10.1. The van der Waals surface area contributed by atoms with Gasteiger partial charge in [-0.25, -0.2) is 0 Å². The Kier molecular flexibility index (Phi) is 7.38. The molecule has 36 heavy (non-hydrogen) atoms. The molecule has 3 aromatic carbocycles. The van der Waals surface area contributed by atoms with Crippen molar-refractivity contribution >= 4 is 39.9 Å². The fraction of sp³-hybridized carbons (Fsp3) is 0.172. The lowest BCUT2D eigenvalue weighted by molar-refractivity contribution is -0.123. The van der Waals surface area contributed by atoms with Crippen LogP contribution in [-0.2, 0) is 11.3 Å². The molecular formula is C29H26N2O4S. The average molecular weight is 499 g/mol. The summed E-state index contributed by atoms with van der Waals surface area (Å²) in [4.78, 5) is 27.2. The Morgan fingerprint density at radius 1 is 0.750 bits per heavy atom. The van der Waals surface area contributed by atoms with Crippen LogP contribution >= 0.6 is 11.8 Å². The fourth-order valence-electron chi connectivity index (χ4n) is 4.12. The van der Waals surface area contributed by atoms with Gasteiger partial charge >= 0.3 is 0 Å². The van der Waals surface area contributed by atoms with Gasteiger partial charge in [0.25, 0.3) is 11.1 Å². The molecule has 1 aliphatic rings. The molecule has 182 valence electrons. The van der Waals surface area contributed by atoms with Crippen LogP contribution in [0.5, 0.6) is 11.5 Å². The monoisotopic (exact) mass is 498 g/mol. The van der Waals surface area contributed by atoms with Crippen LogP contribution in [0.1, 0.15) is 12.0 Å². The maximum atomic E-state index is 13.0. The molecule has 2 heterocycles. The largest absolute Gasteiger partial charge is 0.494 e. The van der Waals surface area contributed by atoms with Gasteiger partial charge in [-0.05, 0) is 54.6 Å². The molecule has 0 N–H and O–H groups in total. The van der Waals surface area contributed by atoms with E-state index in [2.05, 4.69) is 10.6 Å². The summed E-state index contributed by atoms with van der Waals surface area (Å²) in [6.45, 7) is 1.84. The molecule has 0 aliphatic carbocycles. The van der Waals surface area contributed by atoms with E-state index in [0.717, 1.165) is 46.9 Å². The zero-order valence-corrected chi connectivity index (χ0v) is 20.5. The predicted octanol–water partition coefficient (Wildman–Crippen LogP) is 6.23. The molecule has 0 radical (unpaired) electrons. The zero-order valence-electron chi connectivity index (χ0n) is 19.7. The number of carbonyl (C=O) groups excluding carboxylic acids is 2. The first kappa shape index (κ1) is 23.8. The summed E-state index contributed by atoms with van der Waals surface area (Å²) in [6, 6.07) is 27.2. The molecule has 4 aromatic rings. The number of carbonyl (C=O) groups is 2. The number of nitrogens with zero attached hydrogens (tertiary/aromatic N) is 2. The van der Waals surface area contributed by atoms with Crippen molar-refractivity contribution in [2.75, 3.05) is 19.8 Å². The topological polar surface area (TPSA) is 60.8 Å². The summed E-state index contributed by atoms with van der Waals surface area (Å²) in [5, 5.41) is 0.769. The normalized spacial score (nSPS) is 14.7. The lowest BCUT2D eigenvalue weighted by Crippen LogP contribution is -2.32. The van der Waals surface area contributed by atoms with Crippen molar-refractivity contribution in [2.45, 2.75) is 13.0 Å². The molecule has 0 saturated carbocycles. The fourth-order valence-corrected chi connectivity index (χ4v) is 4.98. The molecule has 0 unspecified atom stereocenters. The molecule has 0 atom stereocenters. The Labute approximate surface area is 214 Å². The highest BCUT2D eigenvalue weighted by Gasteiger charge is 2.35. The summed E-state index contributed by atoms with van der Waals surface area (Å²) in [5.74, 6) is 1.29. The molecule has 1 aliphatic heterocycles. The Hall–Kier alpha value is -3.97. The van der Waals surface area contributed by atoms with Crippen LogP contribution in [0.15, 0.2) is 96.0 Å². The van der Waals surface area contributed by atoms with Crippen molar-refractivity contribution in [3.63, 3.8) is 0 Å². The van der Waals surface area contributed by atoms with Crippen molar-refractivity contribution in [1.29, 1.82) is 0 Å². The van der Waals surface area contributed by atoms with Crippen LogP contribution in [0.25, 0.3) is 17.0 Å². The van der Waals surface area contributed by atoms with E-state index in [1.54, 1.807) is 0 Å². The minimum Gasteiger partial charge on any atom is -0.494 e. The Bertz CT molecular complexity index is 1380. The maximum Gasteiger partial charge on any atom is 0.293 e. The van der Waals surface area contributed by atoms with Crippen molar-refractivity contribution in [2.24, 2.45) is 0 Å². The molecule has 7 heteroatoms. The SMILES string of the molecule is O=C1S/C(=C\c2cn(CCCOc3ccccc3)c3ccccc23)C(=O)N1CCOc1ccccc1. The van der Waals surface area contributed by atoms with Crippen LogP contribution in [0.4, 0.5) is 4.79 Å². The van der Waals surface area contributed by atoms with Gasteiger partial charge in [-0.3, -0.25) is 14.5 Å². The minimum absolute atomic E-state index is 0.208. The summed E-state index contributed by atoms with van der Waals surface area (Å²) in [7, 11) is 0. The molecule has 5 rings (SSSR count). The van der Waals surface area contributed by atoms with E-state index in [-0.39, 0.29) is 24.3 Å². The Balaban J connectivity index is 1.25. The van der Waals surface area contributed by atoms with Crippen LogP contribution in [-0.4, -0.2) is 40.4 Å². The van der Waals surface area contributed by atoms with Gasteiger partial charge in [0, 0.05) is 29.2 Å². The third-order valence-electron chi connectivity index (χ3n) is 5.86. The molecule has 0 bridgehead atoms. The van der Waals surface area contributed by atoms with E-state index in [0.29, 0.717) is 17.3 Å². The number of fused-ring (bicyclic) bond motifs is 1. The highest BCUT2D eigenvalue weighted by Crippen LogP contribution is 2.34. The van der Waals surface area contributed by atoms with E-state index in [9.17, 15) is 9.59 Å². The summed E-state index contributed by atoms with van der Waals surface area (Å²) in [5.41, 5.74) is 2.00. The number of aromatic nitrogens is 1. The second-order valence-corrected chi connectivity index (χ2v) is 9.30. The van der Waals surface area contributed by atoms with Gasteiger partial charge in [-0.2, -0.15) is 0 Å². The van der Waals surface area contributed by atoms with Gasteiger partial charge in [0.15, 0.2) is 0 Å². The number of benzene rings is 3. The molecular weight excluding hydrogens is 472 g/mol. The quantitative estimate of drug-likeness (QED) is 0.192. The first-order chi connectivity index (χ1) is 17.7. The molecule has 6 nitrogen and oxygen atoms in total. The number of imide groups is 1. The van der Waals surface area contributed by atoms with Crippen molar-refractivity contribution in [1.82, 2.24) is 9.47 Å². The van der Waals surface area contributed by atoms with Crippen molar-refractivity contribution in [3.05, 3.63) is 102 Å². The van der Waals surface area contributed by atoms with Gasteiger partial charge in [-0.15, -0.1) is 0 Å². The summed E-state index contributed by atoms with van der Waals surface area (Å²) in [6.07, 6.45) is 4.70. The van der Waals surface area contributed by atoms with Crippen LogP contribution in [0.3, 0.4) is 0 Å². The molecule has 1 saturated heterocycles. The highest BCUT2D eigenvalue weighted by atomic mass is 32.2. The van der Waals surface area contributed by atoms with E-state index >= 15 is 0 Å². The molecule has 0 spiro atoms. The number of amides is 2. The third-order valence-corrected chi connectivity index (χ3v) is 6.77. The van der Waals surface area contributed by atoms with E-state index < -0.39 is 0 Å². The zero-order chi connectivity index (χ0) is 24.7. The predicted molar refractivity (Wildman–Crippen MR) is 143 cm³/mol. The van der Waals surface area contributed by atoms with Crippen LogP contribution in [0.2, 0.25) is 0 Å². The number of ether oxygens (including phenoxy) is 2. The summed E-state index contributed by atoms with van der Waals surface area (Å²) < 4.78 is 13.7. The van der Waals surface area contributed by atoms with E-state index in [1.165, 1.54) is 4.90 Å². The standard InChI is InChI=1S/C29H26N2O4S/c32-28-27(36-29(33)31(28)17-19-35-24-12-5-2-6-13-24)20-22-21-30(26-15-8-7-14-25(22)26)16-9-18-34-23-10-3-1-4-11-23/h1-8,10-15,20-21H,9,16-19H2/b27-20-. The van der Waals surface area contributed by atoms with Crippen LogP contribution < -0.4 is 9.47 Å². The van der Waals surface area contributed by atoms with Gasteiger partial charge in [0.2, 0.25) is 0 Å². The number of hydrogen-bond donors (Lipinski definition) is 0. The first-order valence-corrected chi connectivity index (χ1v) is 12.7. The number of hydrogen-bond acceptors (Lipinski definition) is 5. The number of thioether (sulfide) groups is 1. The highest BCUT2D eigenvalue weighted by molar-refractivity contribution is 8.18. The third kappa shape index (κ3) is 5.47. The Morgan fingerprint density at radius 3 is 2.11 bits per heavy atom. The smallest absolute Gasteiger partial charge is 0.293 e. The number of para-hydroxylation sites is 3. The number of rotatable bonds is 10. The molecule has 2 amide bonds. The second-order valence-electron chi connectivity index (χ2n) is 8.30. The van der Waals surface area contributed by atoms with Gasteiger partial charge in [0.05, 0.1) is 18.1 Å². The van der Waals surface area contributed by atoms with Crippen molar-refractivity contribution < 1.29 is 19.1 Å². The van der Waals surface area contributed by atoms with E-state index in [4.69, 9.17) is 9.47 Å². The second kappa shape index (κ2) is 11.2. The molecule has 1 aromatic heterocycles. The lowest BCUT2D eigenvalue weighted by Gasteiger charge is -2.13. The van der Waals surface area contributed by atoms with Gasteiger partial charge in [0.1, 0.15) is 18.1 Å². The molecule has 1 fully saturated rings. The average Bonchev–Trinajstić information content (AvgIpc) is 3.39. The maximum absolute atomic E-state index is 13.0. The van der Waals surface area contributed by atoms with Crippen molar-refractivity contribution in [3.8, 4) is 11.5 Å². The summed E-state index contributed by atoms with van der Waals surface area (Å²) >= 11 is 0.974.